The molecule has 0 spiro atoms. The fraction of sp³-hybridized carbons (Fsp3) is 0.136. The normalized spacial score (nSPS) is 12.6. The highest BCUT2D eigenvalue weighted by Crippen LogP contribution is 2.37. The van der Waals surface area contributed by atoms with E-state index in [-0.39, 0.29) is 0 Å². The zero-order valence-electron chi connectivity index (χ0n) is 14.0. The van der Waals surface area contributed by atoms with Gasteiger partial charge in [0.15, 0.2) is 0 Å². The van der Waals surface area contributed by atoms with Crippen molar-refractivity contribution in [3.63, 3.8) is 0 Å². The van der Waals surface area contributed by atoms with E-state index in [0.29, 0.717) is 0 Å². The Balaban J connectivity index is 2.29. The smallest absolute Gasteiger partial charge is 0.238 e. The molecule has 1 N–H and O–H groups in total. The molecule has 0 radical (unpaired) electrons. The molecule has 0 amide bonds. The van der Waals surface area contributed by atoms with Crippen molar-refractivity contribution < 1.29 is 4.79 Å². The van der Waals surface area contributed by atoms with Gasteiger partial charge in [0.2, 0.25) is 5.24 Å². The lowest BCUT2D eigenvalue weighted by atomic mass is 9.76. The maximum absolute atomic E-state index is 11.8. The third-order valence-electron chi connectivity index (χ3n) is 4.39. The number of halogens is 1. The lowest BCUT2D eigenvalue weighted by Crippen LogP contribution is -2.50. The first-order chi connectivity index (χ1) is 12.1. The van der Waals surface area contributed by atoms with Gasteiger partial charge in [0.1, 0.15) is 0 Å². The van der Waals surface area contributed by atoms with E-state index in [1.54, 1.807) is 6.92 Å². The molecule has 3 aromatic carbocycles. The van der Waals surface area contributed by atoms with Gasteiger partial charge in [-0.25, -0.2) is 0 Å². The van der Waals surface area contributed by atoms with Crippen molar-refractivity contribution in [2.75, 3.05) is 0 Å². The molecule has 0 bridgehead atoms. The minimum absolute atomic E-state index is 0.410. The Morgan fingerprint density at radius 1 is 0.760 bits per heavy atom. The Bertz CT molecular complexity index is 722. The predicted octanol–water partition coefficient (Wildman–Crippen LogP) is 4.72. The molecule has 1 atom stereocenters. The highest BCUT2D eigenvalue weighted by Gasteiger charge is 2.38. The summed E-state index contributed by atoms with van der Waals surface area (Å²) >= 11 is 5.80. The van der Waals surface area contributed by atoms with Gasteiger partial charge in [-0.05, 0) is 35.2 Å². The summed E-state index contributed by atoms with van der Waals surface area (Å²) in [7, 11) is 0. The Labute approximate surface area is 153 Å². The summed E-state index contributed by atoms with van der Waals surface area (Å²) in [6, 6.07) is 29.9. The second-order valence-corrected chi connectivity index (χ2v) is 6.39. The number of hydrogen-bond donors (Lipinski definition) is 1. The number of carbonyl (C=O) groups excluding carboxylic acids is 1. The third-order valence-corrected chi connectivity index (χ3v) is 4.72. The third kappa shape index (κ3) is 3.51. The van der Waals surface area contributed by atoms with Crippen LogP contribution in [0.15, 0.2) is 91.0 Å². The van der Waals surface area contributed by atoms with Gasteiger partial charge in [-0.1, -0.05) is 91.0 Å². The van der Waals surface area contributed by atoms with Crippen LogP contribution in [0.2, 0.25) is 0 Å². The Morgan fingerprint density at radius 3 is 1.36 bits per heavy atom. The van der Waals surface area contributed by atoms with E-state index >= 15 is 0 Å². The molecule has 0 saturated heterocycles. The quantitative estimate of drug-likeness (QED) is 0.515. The zero-order chi connectivity index (χ0) is 17.7. The summed E-state index contributed by atoms with van der Waals surface area (Å²) in [6.07, 6.45) is 0. The van der Waals surface area contributed by atoms with Crippen LogP contribution in [0, 0.1) is 0 Å². The molecule has 0 unspecified atom stereocenters. The van der Waals surface area contributed by atoms with Crippen molar-refractivity contribution in [1.82, 2.24) is 5.32 Å². The van der Waals surface area contributed by atoms with Gasteiger partial charge in [0.25, 0.3) is 0 Å². The van der Waals surface area contributed by atoms with Crippen molar-refractivity contribution >= 4 is 16.8 Å². The highest BCUT2D eigenvalue weighted by atomic mass is 35.5. The molecule has 0 saturated carbocycles. The molecule has 0 fully saturated rings. The second-order valence-electron chi connectivity index (χ2n) is 6.02. The average Bonchev–Trinajstić information content (AvgIpc) is 2.68. The van der Waals surface area contributed by atoms with Crippen LogP contribution in [0.4, 0.5) is 0 Å². The van der Waals surface area contributed by atoms with Crippen molar-refractivity contribution in [2.24, 2.45) is 0 Å². The molecule has 126 valence electrons. The molecule has 3 aromatic rings. The van der Waals surface area contributed by atoms with Crippen LogP contribution < -0.4 is 5.32 Å². The molecular formula is C22H20ClNO. The van der Waals surface area contributed by atoms with E-state index in [0.717, 1.165) is 16.7 Å². The van der Waals surface area contributed by atoms with E-state index < -0.39 is 16.8 Å². The summed E-state index contributed by atoms with van der Waals surface area (Å²) in [6.45, 7) is 1.79. The minimum Gasteiger partial charge on any atom is -0.289 e. The van der Waals surface area contributed by atoms with Crippen molar-refractivity contribution in [2.45, 2.75) is 18.5 Å². The van der Waals surface area contributed by atoms with Gasteiger partial charge in [-0.3, -0.25) is 10.1 Å². The molecule has 0 aromatic heterocycles. The maximum Gasteiger partial charge on any atom is 0.238 e. The van der Waals surface area contributed by atoms with Crippen LogP contribution in [0.25, 0.3) is 0 Å². The summed E-state index contributed by atoms with van der Waals surface area (Å²) in [4.78, 5) is 11.8. The monoisotopic (exact) mass is 349 g/mol. The summed E-state index contributed by atoms with van der Waals surface area (Å²) < 4.78 is 0. The summed E-state index contributed by atoms with van der Waals surface area (Å²) in [5, 5.41) is 3.09. The lowest BCUT2D eigenvalue weighted by Gasteiger charge is -2.38. The van der Waals surface area contributed by atoms with Crippen LogP contribution >= 0.6 is 11.6 Å². The SMILES string of the molecule is C[C@@H](NC(c1ccccc1)(c1ccccc1)c1ccccc1)C(=O)Cl. The summed E-state index contributed by atoms with van der Waals surface area (Å²) in [5.41, 5.74) is 2.49. The molecule has 3 heteroatoms. The van der Waals surface area contributed by atoms with Crippen LogP contribution in [0.3, 0.4) is 0 Å². The van der Waals surface area contributed by atoms with Crippen LogP contribution in [-0.4, -0.2) is 11.3 Å². The molecule has 0 aliphatic carbocycles. The van der Waals surface area contributed by atoms with E-state index in [1.165, 1.54) is 0 Å². The molecular weight excluding hydrogens is 330 g/mol. The second kappa shape index (κ2) is 7.64. The summed E-state index contributed by atoms with van der Waals surface area (Å²) in [5.74, 6) is 0. The molecule has 0 aliphatic rings. The van der Waals surface area contributed by atoms with Crippen molar-refractivity contribution in [3.05, 3.63) is 108 Å². The molecule has 0 heterocycles. The fourth-order valence-electron chi connectivity index (χ4n) is 3.20. The predicted molar refractivity (Wildman–Crippen MR) is 103 cm³/mol. The topological polar surface area (TPSA) is 29.1 Å². The Hall–Kier alpha value is -2.42. The van der Waals surface area contributed by atoms with Crippen molar-refractivity contribution in [3.8, 4) is 0 Å². The van der Waals surface area contributed by atoms with E-state index in [2.05, 4.69) is 41.7 Å². The fourth-order valence-corrected chi connectivity index (χ4v) is 3.25. The van der Waals surface area contributed by atoms with Crippen LogP contribution in [-0.2, 0) is 10.3 Å². The molecule has 2 nitrogen and oxygen atoms in total. The van der Waals surface area contributed by atoms with Crippen LogP contribution in [0.1, 0.15) is 23.6 Å². The zero-order valence-corrected chi connectivity index (χ0v) is 14.8. The Kier molecular flexibility index (Phi) is 5.32. The first-order valence-corrected chi connectivity index (χ1v) is 8.66. The molecule has 25 heavy (non-hydrogen) atoms. The van der Waals surface area contributed by atoms with Gasteiger partial charge in [-0.15, -0.1) is 0 Å². The first kappa shape index (κ1) is 17.4. The van der Waals surface area contributed by atoms with Gasteiger partial charge >= 0.3 is 0 Å². The van der Waals surface area contributed by atoms with E-state index in [9.17, 15) is 4.79 Å². The highest BCUT2D eigenvalue weighted by molar-refractivity contribution is 6.64. The average molecular weight is 350 g/mol. The van der Waals surface area contributed by atoms with Crippen LogP contribution in [0.5, 0.6) is 0 Å². The van der Waals surface area contributed by atoms with E-state index in [4.69, 9.17) is 11.6 Å². The van der Waals surface area contributed by atoms with E-state index in [1.807, 2.05) is 54.6 Å². The lowest BCUT2D eigenvalue weighted by molar-refractivity contribution is -0.113. The first-order valence-electron chi connectivity index (χ1n) is 8.28. The van der Waals surface area contributed by atoms with Gasteiger partial charge in [0, 0.05) is 0 Å². The number of benzene rings is 3. The number of hydrogen-bond acceptors (Lipinski definition) is 2. The maximum atomic E-state index is 11.8. The minimum atomic E-state index is -0.673. The largest absolute Gasteiger partial charge is 0.289 e. The van der Waals surface area contributed by atoms with Gasteiger partial charge in [-0.2, -0.15) is 0 Å². The molecule has 0 aliphatic heterocycles. The number of nitrogens with one attached hydrogen (secondary N) is 1. The van der Waals surface area contributed by atoms with Crippen molar-refractivity contribution in [1.29, 1.82) is 0 Å². The Morgan fingerprint density at radius 2 is 1.08 bits per heavy atom. The number of carbonyl (C=O) groups is 1. The number of rotatable bonds is 6. The molecule has 3 rings (SSSR count). The van der Waals surface area contributed by atoms with Gasteiger partial charge in [0.05, 0.1) is 11.6 Å². The van der Waals surface area contributed by atoms with Gasteiger partial charge < -0.3 is 0 Å². The standard InChI is InChI=1S/C22H20ClNO/c1-17(21(23)25)24-22(18-11-5-2-6-12-18,19-13-7-3-8-14-19)20-15-9-4-10-16-20/h2-17,24H,1H3/t17-/m1/s1.